The molecule has 3 aliphatic rings. The van der Waals surface area contributed by atoms with Gasteiger partial charge in [0.05, 0.1) is 12.0 Å². The number of fused-ring (bicyclic) bond motifs is 4. The van der Waals surface area contributed by atoms with Crippen molar-refractivity contribution in [1.29, 1.82) is 0 Å². The van der Waals surface area contributed by atoms with Crippen LogP contribution in [0.15, 0.2) is 18.2 Å². The second kappa shape index (κ2) is 5.94. The summed E-state index contributed by atoms with van der Waals surface area (Å²) in [6, 6.07) is 7.68. The standard InChI is InChI=1S/C20H28N2O/c1-13(2)10-14-5-6-16-15(11-14)7-9-22-19(16)12-18-17(20(22)23)4-3-8-21-18/h5-6,11,13,17-19,21H,3-4,7-10,12H2,1-2H3. The van der Waals surface area contributed by atoms with Crippen LogP contribution < -0.4 is 5.32 Å². The van der Waals surface area contributed by atoms with Gasteiger partial charge in [0.15, 0.2) is 0 Å². The molecule has 1 amide bonds. The number of amides is 1. The first kappa shape index (κ1) is 15.2. The zero-order valence-corrected chi connectivity index (χ0v) is 14.3. The van der Waals surface area contributed by atoms with Crippen LogP contribution in [0.3, 0.4) is 0 Å². The van der Waals surface area contributed by atoms with E-state index in [2.05, 4.69) is 42.3 Å². The Morgan fingerprint density at radius 1 is 1.35 bits per heavy atom. The topological polar surface area (TPSA) is 32.3 Å². The average molecular weight is 312 g/mol. The Kier molecular flexibility index (Phi) is 3.92. The van der Waals surface area contributed by atoms with E-state index in [1.54, 1.807) is 0 Å². The van der Waals surface area contributed by atoms with Crippen LogP contribution in [-0.4, -0.2) is 29.9 Å². The van der Waals surface area contributed by atoms with E-state index in [1.807, 2.05) is 0 Å². The molecule has 2 fully saturated rings. The van der Waals surface area contributed by atoms with Crippen molar-refractivity contribution in [3.05, 3.63) is 34.9 Å². The van der Waals surface area contributed by atoms with Crippen molar-refractivity contribution >= 4 is 5.91 Å². The van der Waals surface area contributed by atoms with Gasteiger partial charge in [-0.3, -0.25) is 4.79 Å². The highest BCUT2D eigenvalue weighted by atomic mass is 16.2. The van der Waals surface area contributed by atoms with Crippen molar-refractivity contribution in [3.8, 4) is 0 Å². The minimum Gasteiger partial charge on any atom is -0.335 e. The number of nitrogens with zero attached hydrogens (tertiary/aromatic N) is 1. The van der Waals surface area contributed by atoms with Gasteiger partial charge in [-0.15, -0.1) is 0 Å². The molecule has 1 N–H and O–H groups in total. The summed E-state index contributed by atoms with van der Waals surface area (Å²) in [5.41, 5.74) is 4.33. The van der Waals surface area contributed by atoms with Gasteiger partial charge in [-0.1, -0.05) is 32.0 Å². The third-order valence-electron chi connectivity index (χ3n) is 5.87. The van der Waals surface area contributed by atoms with Crippen molar-refractivity contribution in [1.82, 2.24) is 10.2 Å². The van der Waals surface area contributed by atoms with E-state index in [0.717, 1.165) is 45.2 Å². The first-order valence-corrected chi connectivity index (χ1v) is 9.29. The number of carbonyl (C=O) groups excluding carboxylic acids is 1. The first-order valence-electron chi connectivity index (χ1n) is 9.29. The van der Waals surface area contributed by atoms with E-state index in [1.165, 1.54) is 16.7 Å². The smallest absolute Gasteiger partial charge is 0.227 e. The molecule has 3 unspecified atom stereocenters. The average Bonchev–Trinajstić information content (AvgIpc) is 2.54. The van der Waals surface area contributed by atoms with Gasteiger partial charge in [-0.05, 0) is 61.3 Å². The maximum absolute atomic E-state index is 12.9. The first-order chi connectivity index (χ1) is 11.1. The number of piperidine rings is 2. The van der Waals surface area contributed by atoms with Crippen molar-refractivity contribution in [2.75, 3.05) is 13.1 Å². The van der Waals surface area contributed by atoms with Gasteiger partial charge in [0.2, 0.25) is 5.91 Å². The number of hydrogen-bond acceptors (Lipinski definition) is 2. The molecule has 2 saturated heterocycles. The Labute approximate surface area is 139 Å². The number of nitrogens with one attached hydrogen (secondary N) is 1. The summed E-state index contributed by atoms with van der Waals surface area (Å²) in [7, 11) is 0. The van der Waals surface area contributed by atoms with Crippen LogP contribution in [0.1, 0.15) is 55.8 Å². The molecule has 0 bridgehead atoms. The molecule has 3 atom stereocenters. The van der Waals surface area contributed by atoms with Gasteiger partial charge in [0.25, 0.3) is 0 Å². The number of carbonyl (C=O) groups is 1. The van der Waals surface area contributed by atoms with Crippen LogP contribution in [0, 0.1) is 11.8 Å². The fourth-order valence-electron chi connectivity index (χ4n) is 4.83. The molecule has 0 aromatic heterocycles. The van der Waals surface area contributed by atoms with Crippen LogP contribution in [0.5, 0.6) is 0 Å². The summed E-state index contributed by atoms with van der Waals surface area (Å²) in [5.74, 6) is 1.31. The zero-order chi connectivity index (χ0) is 16.0. The predicted octanol–water partition coefficient (Wildman–Crippen LogP) is 3.08. The molecule has 3 heterocycles. The lowest BCUT2D eigenvalue weighted by Gasteiger charge is -2.48. The summed E-state index contributed by atoms with van der Waals surface area (Å²) in [6.07, 6.45) is 5.47. The monoisotopic (exact) mass is 312 g/mol. The normalized spacial score (nSPS) is 30.0. The molecule has 1 aromatic carbocycles. The predicted molar refractivity (Wildman–Crippen MR) is 92.3 cm³/mol. The van der Waals surface area contributed by atoms with Crippen molar-refractivity contribution in [2.45, 2.75) is 58.0 Å². The Hall–Kier alpha value is -1.35. The van der Waals surface area contributed by atoms with Crippen LogP contribution >= 0.6 is 0 Å². The highest BCUT2D eigenvalue weighted by molar-refractivity contribution is 5.81. The van der Waals surface area contributed by atoms with Crippen LogP contribution in [0.2, 0.25) is 0 Å². The number of rotatable bonds is 2. The highest BCUT2D eigenvalue weighted by Gasteiger charge is 2.44. The molecule has 3 nitrogen and oxygen atoms in total. The van der Waals surface area contributed by atoms with Crippen LogP contribution in [0.4, 0.5) is 0 Å². The number of hydrogen-bond donors (Lipinski definition) is 1. The molecule has 4 rings (SSSR count). The van der Waals surface area contributed by atoms with Gasteiger partial charge in [0, 0.05) is 12.6 Å². The highest BCUT2D eigenvalue weighted by Crippen LogP contribution is 2.41. The SMILES string of the molecule is CC(C)Cc1ccc2c(c1)CCN1C(=O)C3CCCNC3CC21. The van der Waals surface area contributed by atoms with Gasteiger partial charge in [-0.25, -0.2) is 0 Å². The van der Waals surface area contributed by atoms with Gasteiger partial charge < -0.3 is 10.2 Å². The molecule has 23 heavy (non-hydrogen) atoms. The Morgan fingerprint density at radius 3 is 3.04 bits per heavy atom. The van der Waals surface area contributed by atoms with Gasteiger partial charge in [-0.2, -0.15) is 0 Å². The second-order valence-electron chi connectivity index (χ2n) is 7.97. The molecule has 0 spiro atoms. The molecule has 0 saturated carbocycles. The minimum absolute atomic E-state index is 0.224. The second-order valence-corrected chi connectivity index (χ2v) is 7.97. The molecule has 3 heteroatoms. The fourth-order valence-corrected chi connectivity index (χ4v) is 4.83. The van der Waals surface area contributed by atoms with E-state index in [4.69, 9.17) is 0 Å². The summed E-state index contributed by atoms with van der Waals surface area (Å²) < 4.78 is 0. The summed E-state index contributed by atoms with van der Waals surface area (Å²) in [6.45, 7) is 6.53. The van der Waals surface area contributed by atoms with Crippen molar-refractivity contribution in [2.24, 2.45) is 11.8 Å². The fraction of sp³-hybridized carbons (Fsp3) is 0.650. The quantitative estimate of drug-likeness (QED) is 0.910. The molecule has 0 radical (unpaired) electrons. The van der Waals surface area contributed by atoms with E-state index in [0.29, 0.717) is 23.9 Å². The molecular formula is C20H28N2O. The van der Waals surface area contributed by atoms with Gasteiger partial charge >= 0.3 is 0 Å². The molecule has 0 aliphatic carbocycles. The molecule has 124 valence electrons. The maximum atomic E-state index is 12.9. The lowest BCUT2D eigenvalue weighted by Crippen LogP contribution is -2.57. The lowest BCUT2D eigenvalue weighted by molar-refractivity contribution is -0.145. The summed E-state index contributed by atoms with van der Waals surface area (Å²) in [5, 5.41) is 3.61. The summed E-state index contributed by atoms with van der Waals surface area (Å²) in [4.78, 5) is 15.1. The Balaban J connectivity index is 1.63. The van der Waals surface area contributed by atoms with E-state index < -0.39 is 0 Å². The van der Waals surface area contributed by atoms with E-state index >= 15 is 0 Å². The van der Waals surface area contributed by atoms with Crippen LogP contribution in [-0.2, 0) is 17.6 Å². The maximum Gasteiger partial charge on any atom is 0.227 e. The largest absolute Gasteiger partial charge is 0.335 e. The zero-order valence-electron chi connectivity index (χ0n) is 14.3. The third kappa shape index (κ3) is 2.69. The van der Waals surface area contributed by atoms with E-state index in [-0.39, 0.29) is 5.92 Å². The van der Waals surface area contributed by atoms with Gasteiger partial charge in [0.1, 0.15) is 0 Å². The Bertz CT molecular complexity index is 610. The molecular weight excluding hydrogens is 284 g/mol. The van der Waals surface area contributed by atoms with Crippen molar-refractivity contribution in [3.63, 3.8) is 0 Å². The van der Waals surface area contributed by atoms with Crippen LogP contribution in [0.25, 0.3) is 0 Å². The summed E-state index contributed by atoms with van der Waals surface area (Å²) >= 11 is 0. The molecule has 3 aliphatic heterocycles. The Morgan fingerprint density at radius 2 is 2.22 bits per heavy atom. The lowest BCUT2D eigenvalue weighted by atomic mass is 9.76. The number of benzene rings is 1. The van der Waals surface area contributed by atoms with E-state index in [9.17, 15) is 4.79 Å². The minimum atomic E-state index is 0.224. The van der Waals surface area contributed by atoms with Crippen molar-refractivity contribution < 1.29 is 4.79 Å². The third-order valence-corrected chi connectivity index (χ3v) is 5.87. The molecule has 1 aromatic rings.